The summed E-state index contributed by atoms with van der Waals surface area (Å²) >= 11 is 14.2. The third kappa shape index (κ3) is 18.9. The van der Waals surface area contributed by atoms with Crippen molar-refractivity contribution in [2.75, 3.05) is 41.7 Å². The Kier molecular flexibility index (Phi) is 24.6. The number of fused-ring (bicyclic) bond motifs is 7. The Morgan fingerprint density at radius 1 is 0.692 bits per heavy atom. The van der Waals surface area contributed by atoms with E-state index in [1.54, 1.807) is 35.6 Å². The number of aryl methyl sites for hydroxylation is 2. The average molecular weight is 1330 g/mol. The van der Waals surface area contributed by atoms with Crippen LogP contribution in [0.3, 0.4) is 0 Å². The minimum Gasteiger partial charge on any atom is -0.456 e. The van der Waals surface area contributed by atoms with Gasteiger partial charge < -0.3 is 34.3 Å². The van der Waals surface area contributed by atoms with E-state index in [1.807, 2.05) is 59.5 Å². The quantitative estimate of drug-likeness (QED) is 0.0227. The maximum Gasteiger partial charge on any atom is 0.267 e. The van der Waals surface area contributed by atoms with Gasteiger partial charge in [-0.1, -0.05) is 111 Å². The van der Waals surface area contributed by atoms with Gasteiger partial charge in [-0.05, 0) is 171 Å². The number of carbonyl (C=O) groups excluding carboxylic acids is 2. The number of nitrogens with zero attached hydrogens (tertiary/aromatic N) is 2. The molecule has 20 heteroatoms. The van der Waals surface area contributed by atoms with E-state index in [-0.39, 0.29) is 24.0 Å². The number of halogens is 2. The summed E-state index contributed by atoms with van der Waals surface area (Å²) in [6.45, 7) is 19.3. The van der Waals surface area contributed by atoms with Crippen molar-refractivity contribution in [1.29, 1.82) is 0 Å². The fourth-order valence-corrected chi connectivity index (χ4v) is 13.1. The molecule has 0 aliphatic carbocycles. The number of carbonyl (C=O) groups is 2. The van der Waals surface area contributed by atoms with Crippen LogP contribution in [0.1, 0.15) is 114 Å². The molecule has 4 heterocycles. The van der Waals surface area contributed by atoms with Gasteiger partial charge in [0.15, 0.2) is 11.5 Å². The number of hydrogen-bond donors (Lipinski definition) is 4. The highest BCUT2D eigenvalue weighted by atomic mass is 35.5. The van der Waals surface area contributed by atoms with Gasteiger partial charge in [-0.25, -0.2) is 0 Å². The SMILES string of the molecule is C=CCCC(=O)NCCNC(=O)CCC=C.CC(C)CCc1c(C=C2Oc3ccc(Cl)cc3N2CCC(C)S(=O)(=O)O)sc2ccc(Cl)cc12.CCC(/C=C1\Oc2ccc3ccccc3c2N1CC)=C\c1oc2cc3ccccc3cc2c1CCCCS(=O)(=O)O. The molecule has 6 aromatic carbocycles. The fourth-order valence-electron chi connectivity index (χ4n) is 10.7. The van der Waals surface area contributed by atoms with Crippen molar-refractivity contribution in [2.45, 2.75) is 110 Å². The maximum absolute atomic E-state index is 11.6. The number of thiophene rings is 1. The highest BCUT2D eigenvalue weighted by Crippen LogP contribution is 2.46. The second-order valence-electron chi connectivity index (χ2n) is 22.8. The van der Waals surface area contributed by atoms with Crippen molar-refractivity contribution in [2.24, 2.45) is 5.92 Å². The first-order chi connectivity index (χ1) is 43.6. The monoisotopic (exact) mass is 1330 g/mol. The lowest BCUT2D eigenvalue weighted by molar-refractivity contribution is -0.122. The largest absolute Gasteiger partial charge is 0.456 e. The van der Waals surface area contributed by atoms with Crippen molar-refractivity contribution < 1.29 is 49.4 Å². The predicted molar refractivity (Wildman–Crippen MR) is 375 cm³/mol. The molecule has 1 atom stereocenters. The number of nitrogens with one attached hydrogen (secondary N) is 2. The van der Waals surface area contributed by atoms with Crippen LogP contribution in [0.15, 0.2) is 162 Å². The first-order valence-corrected chi connectivity index (χ1v) is 35.4. The van der Waals surface area contributed by atoms with Crippen molar-refractivity contribution in [3.8, 4) is 11.5 Å². The van der Waals surface area contributed by atoms with Gasteiger partial charge in [0.05, 0.1) is 22.4 Å². The number of unbranched alkanes of at least 4 members (excludes halogenated alkanes) is 1. The third-order valence-corrected chi connectivity index (χ3v) is 19.3. The molecule has 10 rings (SSSR count). The second kappa shape index (κ2) is 32.2. The number of rotatable bonds is 26. The van der Waals surface area contributed by atoms with Gasteiger partial charge in [0.2, 0.25) is 23.6 Å². The Balaban J connectivity index is 0.000000193. The molecule has 2 aliphatic rings. The molecule has 482 valence electrons. The molecule has 0 saturated heterocycles. The number of furan rings is 1. The van der Waals surface area contributed by atoms with Gasteiger partial charge in [0, 0.05) is 87.1 Å². The molecule has 1 unspecified atom stereocenters. The summed E-state index contributed by atoms with van der Waals surface area (Å²) in [5.74, 6) is 3.93. The lowest BCUT2D eigenvalue weighted by Gasteiger charge is -2.20. The van der Waals surface area contributed by atoms with Crippen molar-refractivity contribution in [3.05, 3.63) is 190 Å². The number of allylic oxidation sites excluding steroid dienone is 4. The topological polar surface area (TPSA) is 205 Å². The van der Waals surface area contributed by atoms with E-state index in [0.29, 0.717) is 92.2 Å². The second-order valence-corrected chi connectivity index (χ2v) is 28.1. The first kappa shape index (κ1) is 69.5. The molecule has 0 fully saturated rings. The number of anilines is 2. The number of amides is 2. The highest BCUT2D eigenvalue weighted by Gasteiger charge is 2.31. The fraction of sp³-hybridized carbons (Fsp3) is 0.324. The van der Waals surface area contributed by atoms with Crippen molar-refractivity contribution in [1.82, 2.24) is 10.6 Å². The molecule has 8 aromatic rings. The zero-order valence-electron chi connectivity index (χ0n) is 52.1. The lowest BCUT2D eigenvalue weighted by Crippen LogP contribution is -2.34. The van der Waals surface area contributed by atoms with Gasteiger partial charge in [-0.2, -0.15) is 16.8 Å². The van der Waals surface area contributed by atoms with E-state index in [2.05, 4.69) is 117 Å². The van der Waals surface area contributed by atoms with Crippen LogP contribution in [0.25, 0.3) is 54.8 Å². The Labute approximate surface area is 548 Å². The van der Waals surface area contributed by atoms with Crippen LogP contribution < -0.4 is 29.9 Å². The minimum atomic E-state index is -4.12. The summed E-state index contributed by atoms with van der Waals surface area (Å²) in [5.41, 5.74) is 5.98. The standard InChI is InChI=1S/C34H33NO5S.C25H27Cl2NO4S2.C12H20N2O2/c1-3-23(20-33-35(4-2)34-27-14-8-7-11-24(27)16-17-30(34)40-33)19-31-28(15-9-10-18-41(36,37)38)29-21-25-12-5-6-13-26(25)22-32(29)39-31;1-15(2)4-7-19-20-12-17(26)6-9-23(20)33-24(19)14-25-28(11-10-16(3)34(29,30)31)21-13-18(27)5-8-22(21)32-25;1-3-5-7-11(15)13-9-10-14-12(16)8-6-4-2/h5-8,11-14,16-17,19-22H,3-4,9-10,15,18H2,1-2H3,(H,36,37,38);5-6,8-9,12-16H,4,7,10-11H2,1-3H3,(H,29,30,31);3-4H,1-2,5-10H2,(H,13,15)(H,14,16)/b23-19+,33-20-;;. The summed E-state index contributed by atoms with van der Waals surface area (Å²) in [7, 11) is -8.11. The van der Waals surface area contributed by atoms with Gasteiger partial charge in [-0.15, -0.1) is 24.5 Å². The van der Waals surface area contributed by atoms with Crippen LogP contribution in [0.4, 0.5) is 11.4 Å². The summed E-state index contributed by atoms with van der Waals surface area (Å²) in [5, 5.41) is 12.5. The molecule has 2 aliphatic heterocycles. The highest BCUT2D eigenvalue weighted by molar-refractivity contribution is 7.86. The van der Waals surface area contributed by atoms with Crippen LogP contribution in [0.5, 0.6) is 11.5 Å². The van der Waals surface area contributed by atoms with E-state index in [9.17, 15) is 35.5 Å². The smallest absolute Gasteiger partial charge is 0.267 e. The molecule has 0 saturated carbocycles. The van der Waals surface area contributed by atoms with Crippen LogP contribution in [-0.4, -0.2) is 74.9 Å². The zero-order chi connectivity index (χ0) is 65.4. The van der Waals surface area contributed by atoms with E-state index in [1.165, 1.54) is 17.9 Å². The number of ether oxygens (including phenoxy) is 2. The summed E-state index contributed by atoms with van der Waals surface area (Å²) in [6, 6.07) is 36.2. The van der Waals surface area contributed by atoms with Crippen molar-refractivity contribution >= 4 is 133 Å². The predicted octanol–water partition coefficient (Wildman–Crippen LogP) is 17.3. The summed E-state index contributed by atoms with van der Waals surface area (Å²) in [4.78, 5) is 27.5. The Bertz CT molecular complexity index is 4240. The number of benzene rings is 6. The molecule has 0 spiro atoms. The minimum absolute atomic E-state index is 0.0137. The van der Waals surface area contributed by atoms with E-state index >= 15 is 0 Å². The van der Waals surface area contributed by atoms with Crippen LogP contribution in [0, 0.1) is 5.92 Å². The molecular weight excluding hydrogens is 1250 g/mol. The van der Waals surface area contributed by atoms with Crippen molar-refractivity contribution in [3.63, 3.8) is 0 Å². The first-order valence-electron chi connectivity index (χ1n) is 30.8. The van der Waals surface area contributed by atoms with E-state index in [0.717, 1.165) is 108 Å². The Hall–Kier alpha value is -7.42. The molecule has 0 radical (unpaired) electrons. The van der Waals surface area contributed by atoms with Gasteiger partial charge in [-0.3, -0.25) is 18.7 Å². The maximum atomic E-state index is 11.6. The normalized spacial score (nSPS) is 14.2. The summed E-state index contributed by atoms with van der Waals surface area (Å²) < 4.78 is 84.5. The average Bonchev–Trinajstić information content (AvgIpc) is 1.66. The van der Waals surface area contributed by atoms with Crippen LogP contribution >= 0.6 is 34.5 Å². The van der Waals surface area contributed by atoms with Gasteiger partial charge >= 0.3 is 0 Å². The molecule has 0 bridgehead atoms. The molecule has 2 amide bonds. The summed E-state index contributed by atoms with van der Waals surface area (Å²) in [6.07, 6.45) is 16.4. The molecule has 2 aromatic heterocycles. The number of hydrogen-bond acceptors (Lipinski definition) is 12. The van der Waals surface area contributed by atoms with Crippen LogP contribution in [-0.2, 0) is 42.7 Å². The van der Waals surface area contributed by atoms with E-state index < -0.39 is 25.5 Å². The third-order valence-electron chi connectivity index (χ3n) is 15.6. The molecule has 91 heavy (non-hydrogen) atoms. The van der Waals surface area contributed by atoms with Gasteiger partial charge in [0.1, 0.15) is 11.3 Å². The Morgan fingerprint density at radius 2 is 1.33 bits per heavy atom. The molecular formula is C71H80Cl2N4O11S3. The van der Waals surface area contributed by atoms with E-state index in [4.69, 9.17) is 37.1 Å². The Morgan fingerprint density at radius 3 is 1.98 bits per heavy atom. The lowest BCUT2D eigenvalue weighted by atomic mass is 10.00. The van der Waals surface area contributed by atoms with Crippen LogP contribution in [0.2, 0.25) is 10.0 Å². The zero-order valence-corrected chi connectivity index (χ0v) is 56.1. The molecule has 15 nitrogen and oxygen atoms in total. The molecule has 4 N–H and O–H groups in total. The van der Waals surface area contributed by atoms with Gasteiger partial charge in [0.25, 0.3) is 20.2 Å².